The van der Waals surface area contributed by atoms with Crippen molar-refractivity contribution >= 4 is 68.4 Å². The van der Waals surface area contributed by atoms with Gasteiger partial charge >= 0.3 is 0 Å². The van der Waals surface area contributed by atoms with E-state index in [1.165, 1.54) is 16.7 Å². The second-order valence-corrected chi connectivity index (χ2v) is 10.9. The van der Waals surface area contributed by atoms with Crippen molar-refractivity contribution in [1.29, 1.82) is 0 Å². The van der Waals surface area contributed by atoms with Gasteiger partial charge in [-0.25, -0.2) is 0 Å². The number of hydrogen-bond acceptors (Lipinski definition) is 5. The fraction of sp³-hybridized carbons (Fsp3) is 0.148. The summed E-state index contributed by atoms with van der Waals surface area (Å²) in [5, 5.41) is 6.33. The Morgan fingerprint density at radius 2 is 1.58 bits per heavy atom. The normalized spacial score (nSPS) is 13.5. The van der Waals surface area contributed by atoms with Crippen LogP contribution < -0.4 is 10.6 Å². The Morgan fingerprint density at radius 3 is 2.22 bits per heavy atom. The summed E-state index contributed by atoms with van der Waals surface area (Å²) in [6.07, 6.45) is 0. The SMILES string of the molecule is CC(C)CN1C(=O)C(Nc2ccc(Br)cc2)=C(Sc2ccc(NC(=O)c3ccccc3Cl)cc2)C1=O. The molecule has 3 aromatic carbocycles. The van der Waals surface area contributed by atoms with Gasteiger partial charge in [0, 0.05) is 27.3 Å². The number of imide groups is 1. The summed E-state index contributed by atoms with van der Waals surface area (Å²) in [5.74, 6) is -0.847. The highest BCUT2D eigenvalue weighted by Crippen LogP contribution is 2.36. The van der Waals surface area contributed by atoms with Crippen LogP contribution in [-0.2, 0) is 9.59 Å². The van der Waals surface area contributed by atoms with Crippen LogP contribution in [0.3, 0.4) is 0 Å². The zero-order valence-electron chi connectivity index (χ0n) is 19.5. The highest BCUT2D eigenvalue weighted by Gasteiger charge is 2.39. The summed E-state index contributed by atoms with van der Waals surface area (Å²) in [5.41, 5.74) is 1.93. The second kappa shape index (κ2) is 11.3. The first-order chi connectivity index (χ1) is 17.2. The van der Waals surface area contributed by atoms with E-state index in [0.29, 0.717) is 33.4 Å². The zero-order valence-corrected chi connectivity index (χ0v) is 22.7. The van der Waals surface area contributed by atoms with Gasteiger partial charge in [-0.05, 0) is 66.6 Å². The first-order valence-corrected chi connectivity index (χ1v) is 13.2. The molecule has 36 heavy (non-hydrogen) atoms. The van der Waals surface area contributed by atoms with Crippen LogP contribution in [0.5, 0.6) is 0 Å². The average Bonchev–Trinajstić information content (AvgIpc) is 3.05. The lowest BCUT2D eigenvalue weighted by atomic mass is 10.2. The number of hydrogen-bond donors (Lipinski definition) is 2. The maximum atomic E-state index is 13.2. The molecule has 0 atom stereocenters. The fourth-order valence-corrected chi connectivity index (χ4v) is 4.97. The number of amides is 3. The van der Waals surface area contributed by atoms with Crippen molar-refractivity contribution in [1.82, 2.24) is 4.90 Å². The van der Waals surface area contributed by atoms with Gasteiger partial charge in [-0.15, -0.1) is 0 Å². The van der Waals surface area contributed by atoms with Crippen molar-refractivity contribution in [3.05, 3.63) is 98.5 Å². The lowest BCUT2D eigenvalue weighted by Gasteiger charge is -2.17. The predicted octanol–water partition coefficient (Wildman–Crippen LogP) is 6.80. The number of carbonyl (C=O) groups excluding carboxylic acids is 3. The third-order valence-electron chi connectivity index (χ3n) is 5.24. The molecule has 1 aliphatic rings. The molecule has 6 nitrogen and oxygen atoms in total. The van der Waals surface area contributed by atoms with Gasteiger partial charge in [0.05, 0.1) is 10.6 Å². The van der Waals surface area contributed by atoms with Crippen LogP contribution in [0.4, 0.5) is 11.4 Å². The quantitative estimate of drug-likeness (QED) is 0.285. The van der Waals surface area contributed by atoms with E-state index in [0.717, 1.165) is 9.37 Å². The Kier molecular flexibility index (Phi) is 8.18. The first-order valence-electron chi connectivity index (χ1n) is 11.2. The molecule has 0 saturated heterocycles. The van der Waals surface area contributed by atoms with E-state index in [-0.39, 0.29) is 29.3 Å². The third-order valence-corrected chi connectivity index (χ3v) is 7.19. The molecular formula is C27H23BrClN3O3S. The molecular weight excluding hydrogens is 562 g/mol. The van der Waals surface area contributed by atoms with Gasteiger partial charge in [-0.1, -0.05) is 65.3 Å². The molecule has 0 radical (unpaired) electrons. The maximum Gasteiger partial charge on any atom is 0.278 e. The van der Waals surface area contributed by atoms with Crippen LogP contribution in [0.15, 0.2) is 92.8 Å². The average molecular weight is 585 g/mol. The third kappa shape index (κ3) is 6.00. The molecule has 0 fully saturated rings. The van der Waals surface area contributed by atoms with E-state index >= 15 is 0 Å². The topological polar surface area (TPSA) is 78.5 Å². The van der Waals surface area contributed by atoms with Gasteiger partial charge < -0.3 is 10.6 Å². The van der Waals surface area contributed by atoms with Gasteiger partial charge in [0.2, 0.25) is 0 Å². The molecule has 184 valence electrons. The molecule has 0 spiro atoms. The number of nitrogens with one attached hydrogen (secondary N) is 2. The highest BCUT2D eigenvalue weighted by atomic mass is 79.9. The standard InChI is InChI=1S/C27H23BrClN3O3S/c1-16(2)15-32-26(34)23(30-18-9-7-17(28)8-10-18)24(27(32)35)36-20-13-11-19(12-14-20)31-25(33)21-5-3-4-6-22(21)29/h3-14,16,30H,15H2,1-2H3,(H,31,33). The van der Waals surface area contributed by atoms with Gasteiger partial charge in [0.1, 0.15) is 10.6 Å². The molecule has 0 aromatic heterocycles. The van der Waals surface area contributed by atoms with Gasteiger partial charge in [-0.3, -0.25) is 19.3 Å². The molecule has 1 heterocycles. The first kappa shape index (κ1) is 26.0. The van der Waals surface area contributed by atoms with Crippen molar-refractivity contribution in [3.63, 3.8) is 0 Å². The van der Waals surface area contributed by atoms with Gasteiger partial charge in [0.25, 0.3) is 17.7 Å². The summed E-state index contributed by atoms with van der Waals surface area (Å²) in [6, 6.07) is 21.3. The summed E-state index contributed by atoms with van der Waals surface area (Å²) in [4.78, 5) is 41.3. The molecule has 1 aliphatic heterocycles. The fourth-order valence-electron chi connectivity index (χ4n) is 3.54. The molecule has 0 aliphatic carbocycles. The van der Waals surface area contributed by atoms with Crippen LogP contribution >= 0.6 is 39.3 Å². The van der Waals surface area contributed by atoms with E-state index in [1.54, 1.807) is 48.5 Å². The number of halogens is 2. The maximum absolute atomic E-state index is 13.2. The Balaban J connectivity index is 1.55. The summed E-state index contributed by atoms with van der Waals surface area (Å²) < 4.78 is 0.911. The van der Waals surface area contributed by atoms with Crippen LogP contribution in [0.1, 0.15) is 24.2 Å². The predicted molar refractivity (Wildman–Crippen MR) is 148 cm³/mol. The van der Waals surface area contributed by atoms with Crippen molar-refractivity contribution in [2.24, 2.45) is 5.92 Å². The number of thioether (sulfide) groups is 1. The molecule has 3 aromatic rings. The molecule has 2 N–H and O–H groups in total. The van der Waals surface area contributed by atoms with Crippen molar-refractivity contribution in [3.8, 4) is 0 Å². The van der Waals surface area contributed by atoms with Crippen LogP contribution in [0.25, 0.3) is 0 Å². The minimum atomic E-state index is -0.345. The summed E-state index contributed by atoms with van der Waals surface area (Å²) in [6.45, 7) is 4.26. The number of anilines is 2. The lowest BCUT2D eigenvalue weighted by molar-refractivity contribution is -0.137. The number of benzene rings is 3. The van der Waals surface area contributed by atoms with Gasteiger partial charge in [-0.2, -0.15) is 0 Å². The van der Waals surface area contributed by atoms with Crippen LogP contribution in [-0.4, -0.2) is 29.2 Å². The smallest absolute Gasteiger partial charge is 0.278 e. The monoisotopic (exact) mass is 583 g/mol. The van der Waals surface area contributed by atoms with Crippen LogP contribution in [0.2, 0.25) is 5.02 Å². The molecule has 0 bridgehead atoms. The number of nitrogens with zero attached hydrogens (tertiary/aromatic N) is 1. The second-order valence-electron chi connectivity index (χ2n) is 8.51. The minimum absolute atomic E-state index is 0.136. The Hall–Kier alpha value is -3.07. The number of rotatable bonds is 8. The largest absolute Gasteiger partial charge is 0.350 e. The molecule has 3 amide bonds. The van der Waals surface area contributed by atoms with E-state index in [4.69, 9.17) is 11.6 Å². The van der Waals surface area contributed by atoms with Gasteiger partial charge in [0.15, 0.2) is 0 Å². The van der Waals surface area contributed by atoms with E-state index < -0.39 is 0 Å². The Morgan fingerprint density at radius 1 is 0.944 bits per heavy atom. The van der Waals surface area contributed by atoms with Crippen LogP contribution in [0, 0.1) is 5.92 Å². The van der Waals surface area contributed by atoms with Crippen molar-refractivity contribution in [2.45, 2.75) is 18.7 Å². The Bertz CT molecular complexity index is 1340. The Labute approximate surface area is 227 Å². The lowest BCUT2D eigenvalue weighted by Crippen LogP contribution is -2.35. The van der Waals surface area contributed by atoms with Crippen molar-refractivity contribution in [2.75, 3.05) is 17.2 Å². The van der Waals surface area contributed by atoms with E-state index in [2.05, 4.69) is 26.6 Å². The molecule has 0 unspecified atom stereocenters. The molecule has 9 heteroatoms. The van der Waals surface area contributed by atoms with Crippen molar-refractivity contribution < 1.29 is 14.4 Å². The minimum Gasteiger partial charge on any atom is -0.350 e. The molecule has 4 rings (SSSR count). The zero-order chi connectivity index (χ0) is 25.8. The highest BCUT2D eigenvalue weighted by molar-refractivity contribution is 9.10. The summed E-state index contributed by atoms with van der Waals surface area (Å²) in [7, 11) is 0. The van der Waals surface area contributed by atoms with E-state index in [9.17, 15) is 14.4 Å². The summed E-state index contributed by atoms with van der Waals surface area (Å²) >= 11 is 10.7. The number of carbonyl (C=O) groups is 3. The molecule has 0 saturated carbocycles. The van der Waals surface area contributed by atoms with E-state index in [1.807, 2.05) is 38.1 Å².